The maximum atomic E-state index is 5.36. The van der Waals surface area contributed by atoms with Crippen LogP contribution in [0.5, 0.6) is 0 Å². The third-order valence-corrected chi connectivity index (χ3v) is 3.88. The topological polar surface area (TPSA) is 12.5 Å². The lowest BCUT2D eigenvalue weighted by molar-refractivity contribution is 0.122. The molecule has 0 bridgehead atoms. The van der Waals surface area contributed by atoms with Gasteiger partial charge in [-0.3, -0.25) is 0 Å². The average molecular weight is 335 g/mol. The van der Waals surface area contributed by atoms with Crippen LogP contribution in [0.15, 0.2) is 22.7 Å². The van der Waals surface area contributed by atoms with Gasteiger partial charge in [0.1, 0.15) is 0 Å². The van der Waals surface area contributed by atoms with E-state index in [0.717, 1.165) is 31.6 Å². The molecule has 0 amide bonds. The number of hydrogen-bond acceptors (Lipinski definition) is 2. The van der Waals surface area contributed by atoms with E-state index in [4.69, 9.17) is 4.74 Å². The Bertz CT molecular complexity index is 337. The Hall–Kier alpha value is -0.0600. The van der Waals surface area contributed by atoms with E-state index in [1.165, 1.54) is 15.7 Å². The highest BCUT2D eigenvalue weighted by atomic mass is 79.9. The van der Waals surface area contributed by atoms with E-state index in [9.17, 15) is 0 Å². The summed E-state index contributed by atoms with van der Waals surface area (Å²) in [6.07, 6.45) is 0. The number of hydrogen-bond donors (Lipinski definition) is 0. The number of benzene rings is 1. The Morgan fingerprint density at radius 2 is 2.00 bits per heavy atom. The lowest BCUT2D eigenvalue weighted by atomic mass is 10.1. The second-order valence-electron chi connectivity index (χ2n) is 3.47. The molecule has 15 heavy (non-hydrogen) atoms. The van der Waals surface area contributed by atoms with E-state index in [2.05, 4.69) is 55.0 Å². The summed E-state index contributed by atoms with van der Waals surface area (Å²) < 4.78 is 6.53. The predicted molar refractivity (Wildman–Crippen MR) is 69.8 cm³/mol. The fourth-order valence-electron chi connectivity index (χ4n) is 1.78. The third kappa shape index (κ3) is 2.55. The Morgan fingerprint density at radius 1 is 1.27 bits per heavy atom. The van der Waals surface area contributed by atoms with Crippen molar-refractivity contribution in [3.63, 3.8) is 0 Å². The second-order valence-corrected chi connectivity index (χ2v) is 4.89. The quantitative estimate of drug-likeness (QED) is 0.770. The van der Waals surface area contributed by atoms with Crippen molar-refractivity contribution in [1.82, 2.24) is 0 Å². The highest BCUT2D eigenvalue weighted by Gasteiger charge is 2.15. The van der Waals surface area contributed by atoms with Crippen LogP contribution in [0.3, 0.4) is 0 Å². The molecule has 2 rings (SSSR count). The van der Waals surface area contributed by atoms with Crippen LogP contribution in [0.1, 0.15) is 5.56 Å². The van der Waals surface area contributed by atoms with E-state index in [0.29, 0.717) is 0 Å². The molecule has 0 saturated carbocycles. The first kappa shape index (κ1) is 11.4. The van der Waals surface area contributed by atoms with Crippen LogP contribution in [0, 0.1) is 0 Å². The normalized spacial score (nSPS) is 16.8. The molecule has 0 unspecified atom stereocenters. The largest absolute Gasteiger partial charge is 0.378 e. The van der Waals surface area contributed by atoms with E-state index in [1.54, 1.807) is 0 Å². The van der Waals surface area contributed by atoms with Crippen LogP contribution in [0.2, 0.25) is 0 Å². The Kier molecular flexibility index (Phi) is 4.05. The van der Waals surface area contributed by atoms with Crippen LogP contribution >= 0.6 is 31.9 Å². The first-order chi connectivity index (χ1) is 7.33. The monoisotopic (exact) mass is 333 g/mol. The molecular formula is C11H13Br2NO. The zero-order chi connectivity index (χ0) is 10.7. The first-order valence-corrected chi connectivity index (χ1v) is 6.90. The lowest BCUT2D eigenvalue weighted by Crippen LogP contribution is -2.36. The number of anilines is 1. The number of morpholine rings is 1. The molecule has 0 spiro atoms. The minimum atomic E-state index is 0.828. The van der Waals surface area contributed by atoms with Gasteiger partial charge in [-0.05, 0) is 12.1 Å². The van der Waals surface area contributed by atoms with Gasteiger partial charge in [0.25, 0.3) is 0 Å². The molecule has 4 heteroatoms. The molecule has 1 aliphatic heterocycles. The molecule has 1 aromatic rings. The minimum absolute atomic E-state index is 0.828. The highest BCUT2D eigenvalue weighted by Crippen LogP contribution is 2.30. The molecule has 0 atom stereocenters. The number of halogens is 2. The van der Waals surface area contributed by atoms with Gasteiger partial charge in [0.15, 0.2) is 0 Å². The average Bonchev–Trinajstić information content (AvgIpc) is 2.30. The summed E-state index contributed by atoms with van der Waals surface area (Å²) in [4.78, 5) is 2.38. The van der Waals surface area contributed by atoms with E-state index in [-0.39, 0.29) is 0 Å². The summed E-state index contributed by atoms with van der Waals surface area (Å²) in [6, 6.07) is 6.34. The van der Waals surface area contributed by atoms with Crippen molar-refractivity contribution in [1.29, 1.82) is 0 Å². The fraction of sp³-hybridized carbons (Fsp3) is 0.455. The van der Waals surface area contributed by atoms with Crippen LogP contribution < -0.4 is 4.90 Å². The molecule has 1 aromatic carbocycles. The third-order valence-electron chi connectivity index (χ3n) is 2.58. The molecule has 0 aliphatic carbocycles. The van der Waals surface area contributed by atoms with Crippen molar-refractivity contribution in [2.24, 2.45) is 0 Å². The molecule has 0 radical (unpaired) electrons. The van der Waals surface area contributed by atoms with Crippen molar-refractivity contribution in [2.45, 2.75) is 5.33 Å². The fourth-order valence-corrected chi connectivity index (χ4v) is 3.24. The maximum absolute atomic E-state index is 5.36. The lowest BCUT2D eigenvalue weighted by Gasteiger charge is -2.30. The molecule has 82 valence electrons. The zero-order valence-electron chi connectivity index (χ0n) is 8.38. The van der Waals surface area contributed by atoms with Gasteiger partial charge in [-0.1, -0.05) is 37.9 Å². The molecule has 0 N–H and O–H groups in total. The Labute approximate surface area is 107 Å². The van der Waals surface area contributed by atoms with Crippen molar-refractivity contribution < 1.29 is 4.74 Å². The minimum Gasteiger partial charge on any atom is -0.378 e. The molecular weight excluding hydrogens is 322 g/mol. The van der Waals surface area contributed by atoms with E-state index >= 15 is 0 Å². The van der Waals surface area contributed by atoms with Gasteiger partial charge in [0.05, 0.1) is 13.2 Å². The van der Waals surface area contributed by atoms with Gasteiger partial charge < -0.3 is 9.64 Å². The van der Waals surface area contributed by atoms with E-state index in [1.807, 2.05) is 0 Å². The van der Waals surface area contributed by atoms with Crippen LogP contribution in [-0.4, -0.2) is 26.3 Å². The van der Waals surface area contributed by atoms with Gasteiger partial charge in [0.2, 0.25) is 0 Å². The highest BCUT2D eigenvalue weighted by molar-refractivity contribution is 9.10. The molecule has 1 fully saturated rings. The standard InChI is InChI=1S/C11H13Br2NO/c12-8-9-10(13)2-1-3-11(9)14-4-6-15-7-5-14/h1-3H,4-8H2. The van der Waals surface area contributed by atoms with Crippen molar-refractivity contribution in [3.8, 4) is 0 Å². The second kappa shape index (κ2) is 5.32. The molecule has 1 aliphatic rings. The van der Waals surface area contributed by atoms with Gasteiger partial charge in [-0.25, -0.2) is 0 Å². The SMILES string of the molecule is BrCc1c(Br)cccc1N1CCOCC1. The van der Waals surface area contributed by atoms with Crippen LogP contribution in [0.25, 0.3) is 0 Å². The van der Waals surface area contributed by atoms with Gasteiger partial charge >= 0.3 is 0 Å². The number of ether oxygens (including phenoxy) is 1. The predicted octanol–water partition coefficient (Wildman–Crippen LogP) is 3.18. The number of nitrogens with zero attached hydrogens (tertiary/aromatic N) is 1. The smallest absolute Gasteiger partial charge is 0.0642 e. The van der Waals surface area contributed by atoms with Gasteiger partial charge in [0, 0.05) is 34.1 Å². The van der Waals surface area contributed by atoms with Gasteiger partial charge in [-0.15, -0.1) is 0 Å². The van der Waals surface area contributed by atoms with Gasteiger partial charge in [-0.2, -0.15) is 0 Å². The summed E-state index contributed by atoms with van der Waals surface area (Å²) in [6.45, 7) is 3.62. The van der Waals surface area contributed by atoms with Crippen LogP contribution in [-0.2, 0) is 10.1 Å². The molecule has 1 heterocycles. The summed E-state index contributed by atoms with van der Waals surface area (Å²) in [5.41, 5.74) is 2.63. The summed E-state index contributed by atoms with van der Waals surface area (Å²) in [5.74, 6) is 0. The van der Waals surface area contributed by atoms with Crippen molar-refractivity contribution >= 4 is 37.5 Å². The Morgan fingerprint density at radius 3 is 2.67 bits per heavy atom. The zero-order valence-corrected chi connectivity index (χ0v) is 11.6. The molecule has 1 saturated heterocycles. The number of rotatable bonds is 2. The van der Waals surface area contributed by atoms with Crippen molar-refractivity contribution in [2.75, 3.05) is 31.2 Å². The van der Waals surface area contributed by atoms with Crippen molar-refractivity contribution in [3.05, 3.63) is 28.2 Å². The molecule has 0 aromatic heterocycles. The summed E-state index contributed by atoms with van der Waals surface area (Å²) >= 11 is 7.12. The summed E-state index contributed by atoms with van der Waals surface area (Å²) in [7, 11) is 0. The van der Waals surface area contributed by atoms with Crippen LogP contribution in [0.4, 0.5) is 5.69 Å². The Balaban J connectivity index is 2.29. The first-order valence-electron chi connectivity index (χ1n) is 4.99. The number of alkyl halides is 1. The molecule has 2 nitrogen and oxygen atoms in total. The van der Waals surface area contributed by atoms with E-state index < -0.39 is 0 Å². The summed E-state index contributed by atoms with van der Waals surface area (Å²) in [5, 5.41) is 0.876. The maximum Gasteiger partial charge on any atom is 0.0642 e.